The molecule has 3 N–H and O–H groups in total. The van der Waals surface area contributed by atoms with E-state index in [2.05, 4.69) is 20.3 Å². The molecule has 0 atom stereocenters. The van der Waals surface area contributed by atoms with Crippen LogP contribution in [0.4, 0.5) is 24.8 Å². The third-order valence-electron chi connectivity index (χ3n) is 7.32. The number of nitrogens with two attached hydrogens (primary N) is 1. The maximum atomic E-state index is 13.6. The molecule has 11 nitrogen and oxygen atoms in total. The van der Waals surface area contributed by atoms with Gasteiger partial charge in [-0.3, -0.25) is 14.2 Å². The fraction of sp³-hybridized carbons (Fsp3) is 0.152. The van der Waals surface area contributed by atoms with Gasteiger partial charge in [-0.05, 0) is 55.6 Å². The van der Waals surface area contributed by atoms with E-state index >= 15 is 0 Å². The molecule has 0 saturated carbocycles. The summed E-state index contributed by atoms with van der Waals surface area (Å²) < 4.78 is 46.3. The van der Waals surface area contributed by atoms with Crippen molar-refractivity contribution in [1.29, 1.82) is 0 Å². The van der Waals surface area contributed by atoms with E-state index in [0.717, 1.165) is 0 Å². The number of esters is 1. The van der Waals surface area contributed by atoms with Crippen LogP contribution in [-0.4, -0.2) is 47.7 Å². The molecule has 0 saturated heterocycles. The van der Waals surface area contributed by atoms with Crippen LogP contribution in [0.1, 0.15) is 24.2 Å². The van der Waals surface area contributed by atoms with Crippen molar-refractivity contribution in [3.63, 3.8) is 0 Å². The van der Waals surface area contributed by atoms with Crippen LogP contribution in [0.3, 0.4) is 0 Å². The standard InChI is InChI=1S/C33H26F3N7O4/c1-32(2,47-31(46)33(34,35)36)17-42-16-23(26-27(37)39-18-40-28(26)42)20-12-13-25(38-15-20)41-29(44)22-14-19-8-6-7-11-24(19)43(30(22)45)21-9-4-3-5-10-21/h3-16,18H,17H2,1-2H3,(H2,37,39,40)(H,38,41,44). The molecule has 6 aromatic rings. The van der Waals surface area contributed by atoms with Crippen molar-refractivity contribution in [2.45, 2.75) is 32.2 Å². The number of benzene rings is 2. The number of hydrogen-bond acceptors (Lipinski definition) is 8. The summed E-state index contributed by atoms with van der Waals surface area (Å²) >= 11 is 0. The molecule has 238 valence electrons. The summed E-state index contributed by atoms with van der Waals surface area (Å²) in [6.07, 6.45) is -0.890. The molecule has 47 heavy (non-hydrogen) atoms. The van der Waals surface area contributed by atoms with E-state index in [1.54, 1.807) is 42.6 Å². The van der Waals surface area contributed by atoms with E-state index in [1.165, 1.54) is 47.6 Å². The van der Waals surface area contributed by atoms with Crippen LogP contribution in [-0.2, 0) is 16.1 Å². The lowest BCUT2D eigenvalue weighted by molar-refractivity contribution is -0.212. The number of nitrogens with zero attached hydrogens (tertiary/aromatic N) is 5. The van der Waals surface area contributed by atoms with Gasteiger partial charge in [0.05, 0.1) is 17.4 Å². The van der Waals surface area contributed by atoms with Crippen LogP contribution in [0.2, 0.25) is 0 Å². The molecule has 0 aliphatic rings. The highest BCUT2D eigenvalue weighted by Gasteiger charge is 2.44. The first-order valence-corrected chi connectivity index (χ1v) is 14.2. The van der Waals surface area contributed by atoms with E-state index in [9.17, 15) is 27.6 Å². The summed E-state index contributed by atoms with van der Waals surface area (Å²) in [5, 5.41) is 3.77. The molecular formula is C33H26F3N7O4. The number of anilines is 2. The Morgan fingerprint density at radius 3 is 2.38 bits per heavy atom. The minimum atomic E-state index is -5.15. The molecule has 4 heterocycles. The summed E-state index contributed by atoms with van der Waals surface area (Å²) in [7, 11) is 0. The van der Waals surface area contributed by atoms with Gasteiger partial charge in [0.15, 0.2) is 0 Å². The molecule has 14 heteroatoms. The first-order chi connectivity index (χ1) is 22.3. The SMILES string of the molecule is CC(C)(Cn1cc(-c2ccc(NC(=O)c3cc4ccccc4n(-c4ccccc4)c3=O)nc2)c2c(N)ncnc21)OC(=O)C(F)(F)F. The maximum absolute atomic E-state index is 13.6. The second kappa shape index (κ2) is 11.7. The number of aromatic nitrogens is 5. The molecule has 6 rings (SSSR count). The molecule has 0 unspecified atom stereocenters. The number of alkyl halides is 3. The van der Waals surface area contributed by atoms with Gasteiger partial charge < -0.3 is 20.4 Å². The monoisotopic (exact) mass is 641 g/mol. The summed E-state index contributed by atoms with van der Waals surface area (Å²) in [5.41, 5.74) is 6.59. The Hall–Kier alpha value is -6.05. The quantitative estimate of drug-likeness (QED) is 0.217. The Balaban J connectivity index is 1.30. The van der Waals surface area contributed by atoms with Crippen molar-refractivity contribution in [2.24, 2.45) is 0 Å². The van der Waals surface area contributed by atoms with Gasteiger partial charge in [0.25, 0.3) is 11.5 Å². The molecule has 1 amide bonds. The van der Waals surface area contributed by atoms with Crippen molar-refractivity contribution in [1.82, 2.24) is 24.1 Å². The number of fused-ring (bicyclic) bond motifs is 2. The number of carbonyl (C=O) groups excluding carboxylic acids is 2. The fourth-order valence-electron chi connectivity index (χ4n) is 5.31. The van der Waals surface area contributed by atoms with Crippen LogP contribution >= 0.6 is 0 Å². The average molecular weight is 642 g/mol. The third kappa shape index (κ3) is 6.12. The highest BCUT2D eigenvalue weighted by atomic mass is 19.4. The van der Waals surface area contributed by atoms with Crippen LogP contribution in [0.25, 0.3) is 38.8 Å². The Kier molecular flexibility index (Phi) is 7.71. The molecule has 0 spiro atoms. The zero-order chi connectivity index (χ0) is 33.5. The minimum Gasteiger partial charge on any atom is -0.451 e. The van der Waals surface area contributed by atoms with Gasteiger partial charge in [-0.15, -0.1) is 0 Å². The molecule has 4 aromatic heterocycles. The number of para-hydroxylation sites is 2. The Morgan fingerprint density at radius 1 is 0.957 bits per heavy atom. The largest absolute Gasteiger partial charge is 0.490 e. The van der Waals surface area contributed by atoms with Gasteiger partial charge in [-0.1, -0.05) is 36.4 Å². The van der Waals surface area contributed by atoms with E-state index in [-0.39, 0.29) is 23.7 Å². The van der Waals surface area contributed by atoms with Gasteiger partial charge in [0.2, 0.25) is 0 Å². The second-order valence-corrected chi connectivity index (χ2v) is 11.3. The van der Waals surface area contributed by atoms with Crippen molar-refractivity contribution in [3.05, 3.63) is 107 Å². The number of hydrogen-bond donors (Lipinski definition) is 2. The van der Waals surface area contributed by atoms with E-state index in [1.807, 2.05) is 24.3 Å². The molecule has 0 aliphatic carbocycles. The lowest BCUT2D eigenvalue weighted by Gasteiger charge is -2.26. The molecule has 0 aliphatic heterocycles. The van der Waals surface area contributed by atoms with E-state index in [0.29, 0.717) is 38.8 Å². The van der Waals surface area contributed by atoms with Crippen LogP contribution in [0, 0.1) is 0 Å². The van der Waals surface area contributed by atoms with Crippen LogP contribution < -0.4 is 16.6 Å². The molecular weight excluding hydrogens is 615 g/mol. The van der Waals surface area contributed by atoms with Gasteiger partial charge >= 0.3 is 12.1 Å². The van der Waals surface area contributed by atoms with Crippen LogP contribution in [0.15, 0.2) is 96.3 Å². The number of rotatable bonds is 7. The topological polar surface area (TPSA) is 147 Å². The van der Waals surface area contributed by atoms with Gasteiger partial charge in [0.1, 0.15) is 34.8 Å². The Bertz CT molecular complexity index is 2210. The zero-order valence-electron chi connectivity index (χ0n) is 24.9. The lowest BCUT2D eigenvalue weighted by atomic mass is 10.1. The summed E-state index contributed by atoms with van der Waals surface area (Å²) in [5.74, 6) is -2.70. The third-order valence-corrected chi connectivity index (χ3v) is 7.32. The first-order valence-electron chi connectivity index (χ1n) is 14.2. The smallest absolute Gasteiger partial charge is 0.451 e. The number of nitrogen functional groups attached to an aromatic ring is 1. The predicted octanol–water partition coefficient (Wildman–Crippen LogP) is 5.52. The number of halogens is 3. The lowest BCUT2D eigenvalue weighted by Crippen LogP contribution is -2.38. The number of carbonyl (C=O) groups is 2. The number of pyridine rings is 2. The summed E-state index contributed by atoms with van der Waals surface area (Å²) in [6, 6.07) is 20.9. The summed E-state index contributed by atoms with van der Waals surface area (Å²) in [6.45, 7) is 2.50. The second-order valence-electron chi connectivity index (χ2n) is 11.3. The predicted molar refractivity (Wildman–Crippen MR) is 169 cm³/mol. The summed E-state index contributed by atoms with van der Waals surface area (Å²) in [4.78, 5) is 51.2. The highest BCUT2D eigenvalue weighted by molar-refractivity contribution is 6.06. The van der Waals surface area contributed by atoms with Gasteiger partial charge in [-0.25, -0.2) is 19.7 Å². The Morgan fingerprint density at radius 2 is 1.68 bits per heavy atom. The molecule has 0 radical (unpaired) electrons. The molecule has 0 fully saturated rings. The van der Waals surface area contributed by atoms with Crippen molar-refractivity contribution in [2.75, 3.05) is 11.1 Å². The number of nitrogens with one attached hydrogen (secondary N) is 1. The normalized spacial score (nSPS) is 11.9. The maximum Gasteiger partial charge on any atom is 0.490 e. The van der Waals surface area contributed by atoms with E-state index in [4.69, 9.17) is 10.5 Å². The molecule has 0 bridgehead atoms. The van der Waals surface area contributed by atoms with Crippen molar-refractivity contribution < 1.29 is 27.5 Å². The minimum absolute atomic E-state index is 0.0831. The first kappa shape index (κ1) is 31.0. The van der Waals surface area contributed by atoms with Crippen LogP contribution in [0.5, 0.6) is 0 Å². The zero-order valence-corrected chi connectivity index (χ0v) is 24.9. The number of amides is 1. The highest BCUT2D eigenvalue weighted by Crippen LogP contribution is 2.34. The number of ether oxygens (including phenoxy) is 1. The average Bonchev–Trinajstić information content (AvgIpc) is 3.39. The fourth-order valence-corrected chi connectivity index (χ4v) is 5.31. The van der Waals surface area contributed by atoms with E-state index < -0.39 is 29.2 Å². The Labute approximate surface area is 264 Å². The van der Waals surface area contributed by atoms with Gasteiger partial charge in [-0.2, -0.15) is 13.2 Å². The molecule has 2 aromatic carbocycles. The van der Waals surface area contributed by atoms with Gasteiger partial charge in [0, 0.05) is 29.2 Å². The van der Waals surface area contributed by atoms with Crippen molar-refractivity contribution in [3.8, 4) is 16.8 Å². The van der Waals surface area contributed by atoms with Crippen molar-refractivity contribution >= 4 is 45.4 Å².